The first-order valence-electron chi connectivity index (χ1n) is 4.30. The summed E-state index contributed by atoms with van der Waals surface area (Å²) >= 11 is 1.68. The molecule has 0 saturated carbocycles. The molecule has 1 aromatic heterocycles. The SMILES string of the molecule is CSc1ccc(-c2n[nH]nc2C#N)cc1. The van der Waals surface area contributed by atoms with Crippen LogP contribution in [0.15, 0.2) is 29.2 Å². The summed E-state index contributed by atoms with van der Waals surface area (Å²) in [7, 11) is 0. The molecule has 0 aliphatic carbocycles. The van der Waals surface area contributed by atoms with E-state index in [-0.39, 0.29) is 0 Å². The number of benzene rings is 1. The Hall–Kier alpha value is -1.80. The molecule has 0 atom stereocenters. The van der Waals surface area contributed by atoms with Gasteiger partial charge in [0.05, 0.1) is 0 Å². The van der Waals surface area contributed by atoms with E-state index in [9.17, 15) is 0 Å². The van der Waals surface area contributed by atoms with Crippen molar-refractivity contribution in [3.8, 4) is 17.3 Å². The van der Waals surface area contributed by atoms with Crippen LogP contribution in [0.25, 0.3) is 11.3 Å². The lowest BCUT2D eigenvalue weighted by atomic mass is 10.1. The van der Waals surface area contributed by atoms with Crippen LogP contribution >= 0.6 is 11.8 Å². The summed E-state index contributed by atoms with van der Waals surface area (Å²) in [4.78, 5) is 1.18. The first-order chi connectivity index (χ1) is 7.35. The van der Waals surface area contributed by atoms with Crippen molar-refractivity contribution in [1.82, 2.24) is 15.4 Å². The van der Waals surface area contributed by atoms with E-state index in [4.69, 9.17) is 5.26 Å². The third kappa shape index (κ3) is 1.85. The molecule has 0 radical (unpaired) electrons. The van der Waals surface area contributed by atoms with Gasteiger partial charge in [0.25, 0.3) is 0 Å². The highest BCUT2D eigenvalue weighted by atomic mass is 32.2. The minimum atomic E-state index is 0.326. The van der Waals surface area contributed by atoms with E-state index >= 15 is 0 Å². The van der Waals surface area contributed by atoms with Crippen LogP contribution in [-0.4, -0.2) is 21.7 Å². The highest BCUT2D eigenvalue weighted by molar-refractivity contribution is 7.98. The summed E-state index contributed by atoms with van der Waals surface area (Å²) in [6.45, 7) is 0. The van der Waals surface area contributed by atoms with Crippen LogP contribution in [0.5, 0.6) is 0 Å². The first kappa shape index (κ1) is 9.74. The van der Waals surface area contributed by atoms with Crippen molar-refractivity contribution >= 4 is 11.8 Å². The van der Waals surface area contributed by atoms with E-state index in [1.54, 1.807) is 11.8 Å². The number of thioether (sulfide) groups is 1. The zero-order valence-corrected chi connectivity index (χ0v) is 8.88. The minimum absolute atomic E-state index is 0.326. The normalized spacial score (nSPS) is 9.87. The van der Waals surface area contributed by atoms with E-state index in [1.165, 1.54) is 4.90 Å². The third-order valence-corrected chi connectivity index (χ3v) is 2.76. The van der Waals surface area contributed by atoms with Crippen LogP contribution in [0.3, 0.4) is 0 Å². The molecule has 1 N–H and O–H groups in total. The molecule has 0 spiro atoms. The van der Waals surface area contributed by atoms with Crippen molar-refractivity contribution in [2.45, 2.75) is 4.90 Å². The van der Waals surface area contributed by atoms with Gasteiger partial charge < -0.3 is 0 Å². The predicted octanol–water partition coefficient (Wildman–Crippen LogP) is 2.07. The number of hydrogen-bond donors (Lipinski definition) is 1. The topological polar surface area (TPSA) is 65.4 Å². The van der Waals surface area contributed by atoms with Gasteiger partial charge in [0.15, 0.2) is 5.69 Å². The number of hydrogen-bond acceptors (Lipinski definition) is 4. The van der Waals surface area contributed by atoms with Gasteiger partial charge in [-0.1, -0.05) is 12.1 Å². The van der Waals surface area contributed by atoms with Crippen LogP contribution in [0.2, 0.25) is 0 Å². The molecule has 4 nitrogen and oxygen atoms in total. The molecule has 1 aromatic carbocycles. The van der Waals surface area contributed by atoms with E-state index in [2.05, 4.69) is 15.4 Å². The van der Waals surface area contributed by atoms with Gasteiger partial charge in [-0.05, 0) is 18.4 Å². The quantitative estimate of drug-likeness (QED) is 0.780. The second kappa shape index (κ2) is 4.15. The zero-order valence-electron chi connectivity index (χ0n) is 8.06. The number of nitrogens with one attached hydrogen (secondary N) is 1. The Kier molecular flexibility index (Phi) is 2.70. The van der Waals surface area contributed by atoms with Crippen LogP contribution in [0.4, 0.5) is 0 Å². The fraction of sp³-hybridized carbons (Fsp3) is 0.100. The Morgan fingerprint density at radius 1 is 1.27 bits per heavy atom. The molecule has 0 aliphatic rings. The molecule has 15 heavy (non-hydrogen) atoms. The summed E-state index contributed by atoms with van der Waals surface area (Å²) in [5.41, 5.74) is 1.83. The van der Waals surface area contributed by atoms with Crippen molar-refractivity contribution in [3.63, 3.8) is 0 Å². The lowest BCUT2D eigenvalue weighted by molar-refractivity contribution is 0.937. The lowest BCUT2D eigenvalue weighted by Gasteiger charge is -1.98. The van der Waals surface area contributed by atoms with Crippen LogP contribution in [0, 0.1) is 11.3 Å². The van der Waals surface area contributed by atoms with E-state index < -0.39 is 0 Å². The largest absolute Gasteiger partial charge is 0.196 e. The Morgan fingerprint density at radius 2 is 2.00 bits per heavy atom. The van der Waals surface area contributed by atoms with Crippen LogP contribution < -0.4 is 0 Å². The van der Waals surface area contributed by atoms with E-state index in [0.717, 1.165) is 5.56 Å². The van der Waals surface area contributed by atoms with Gasteiger partial charge in [-0.15, -0.1) is 16.9 Å². The van der Waals surface area contributed by atoms with E-state index in [0.29, 0.717) is 11.4 Å². The monoisotopic (exact) mass is 216 g/mol. The minimum Gasteiger partial charge on any atom is -0.196 e. The van der Waals surface area contributed by atoms with Crippen molar-refractivity contribution < 1.29 is 0 Å². The van der Waals surface area contributed by atoms with Gasteiger partial charge in [0.1, 0.15) is 11.8 Å². The molecule has 0 amide bonds. The lowest BCUT2D eigenvalue weighted by Crippen LogP contribution is -1.82. The molecule has 2 rings (SSSR count). The van der Waals surface area contributed by atoms with Gasteiger partial charge >= 0.3 is 0 Å². The molecule has 1 heterocycles. The van der Waals surface area contributed by atoms with Crippen molar-refractivity contribution in [2.24, 2.45) is 0 Å². The average molecular weight is 216 g/mol. The number of nitriles is 1. The third-order valence-electron chi connectivity index (χ3n) is 2.02. The molecule has 74 valence electrons. The Balaban J connectivity index is 2.42. The van der Waals surface area contributed by atoms with Gasteiger partial charge in [-0.25, -0.2) is 0 Å². The summed E-state index contributed by atoms with van der Waals surface area (Å²) in [6, 6.07) is 9.85. The Bertz CT molecular complexity index is 495. The maximum atomic E-state index is 8.79. The van der Waals surface area contributed by atoms with Crippen LogP contribution in [-0.2, 0) is 0 Å². The van der Waals surface area contributed by atoms with Crippen molar-refractivity contribution in [2.75, 3.05) is 6.26 Å². The summed E-state index contributed by atoms with van der Waals surface area (Å²) in [5.74, 6) is 0. The number of nitrogens with zero attached hydrogens (tertiary/aromatic N) is 3. The van der Waals surface area contributed by atoms with Gasteiger partial charge in [-0.2, -0.15) is 15.6 Å². The average Bonchev–Trinajstić information content (AvgIpc) is 2.77. The van der Waals surface area contributed by atoms with E-state index in [1.807, 2.05) is 36.6 Å². The first-order valence-corrected chi connectivity index (χ1v) is 5.53. The highest BCUT2D eigenvalue weighted by Crippen LogP contribution is 2.22. The molecular weight excluding hydrogens is 208 g/mol. The molecular formula is C10H8N4S. The zero-order chi connectivity index (χ0) is 10.7. The maximum Gasteiger partial charge on any atom is 0.190 e. The molecule has 5 heteroatoms. The van der Waals surface area contributed by atoms with Crippen molar-refractivity contribution in [1.29, 1.82) is 5.26 Å². The molecule has 0 unspecified atom stereocenters. The van der Waals surface area contributed by atoms with Crippen molar-refractivity contribution in [3.05, 3.63) is 30.0 Å². The number of rotatable bonds is 2. The van der Waals surface area contributed by atoms with Crippen LogP contribution in [0.1, 0.15) is 5.69 Å². The fourth-order valence-corrected chi connectivity index (χ4v) is 1.67. The smallest absolute Gasteiger partial charge is 0.190 e. The maximum absolute atomic E-state index is 8.79. The number of aromatic nitrogens is 3. The standard InChI is InChI=1S/C10H8N4S/c1-15-8-4-2-7(3-5-8)10-9(6-11)12-14-13-10/h2-5H,1H3,(H,12,13,14). The van der Waals surface area contributed by atoms with Gasteiger partial charge in [-0.3, -0.25) is 0 Å². The predicted molar refractivity (Wildman–Crippen MR) is 58.3 cm³/mol. The second-order valence-corrected chi connectivity index (χ2v) is 3.74. The second-order valence-electron chi connectivity index (χ2n) is 2.86. The fourth-order valence-electron chi connectivity index (χ4n) is 1.26. The number of H-pyrrole nitrogens is 1. The molecule has 0 bridgehead atoms. The van der Waals surface area contributed by atoms with Gasteiger partial charge in [0, 0.05) is 10.5 Å². The summed E-state index contributed by atoms with van der Waals surface area (Å²) in [6.07, 6.45) is 2.02. The molecule has 0 saturated heterocycles. The molecule has 0 aliphatic heterocycles. The molecule has 0 fully saturated rings. The summed E-state index contributed by atoms with van der Waals surface area (Å²) < 4.78 is 0. The Labute approximate surface area is 91.3 Å². The Morgan fingerprint density at radius 3 is 2.60 bits per heavy atom. The highest BCUT2D eigenvalue weighted by Gasteiger charge is 2.08. The summed E-state index contributed by atoms with van der Waals surface area (Å²) in [5, 5.41) is 18.9. The number of aromatic amines is 1. The molecule has 2 aromatic rings. The van der Waals surface area contributed by atoms with Gasteiger partial charge in [0.2, 0.25) is 0 Å².